The van der Waals surface area contributed by atoms with Gasteiger partial charge in [0.2, 0.25) is 5.91 Å². The first-order valence-corrected chi connectivity index (χ1v) is 7.92. The van der Waals surface area contributed by atoms with E-state index in [0.717, 1.165) is 18.5 Å². The Kier molecular flexibility index (Phi) is 8.82. The van der Waals surface area contributed by atoms with E-state index in [1.54, 1.807) is 18.2 Å². The molecule has 0 aliphatic rings. The third-order valence-corrected chi connectivity index (χ3v) is 3.31. The lowest BCUT2D eigenvalue weighted by molar-refractivity contribution is -0.121. The summed E-state index contributed by atoms with van der Waals surface area (Å²) in [4.78, 5) is 34.2. The number of methoxy groups -OCH3 is 1. The van der Waals surface area contributed by atoms with Crippen molar-refractivity contribution in [2.45, 2.75) is 33.1 Å². The van der Waals surface area contributed by atoms with Crippen LogP contribution in [0, 0.1) is 6.92 Å². The molecule has 1 heterocycles. The van der Waals surface area contributed by atoms with Crippen LogP contribution in [0.3, 0.4) is 0 Å². The Bertz CT molecular complexity index is 491. The van der Waals surface area contributed by atoms with E-state index < -0.39 is 0 Å². The fourth-order valence-corrected chi connectivity index (χ4v) is 1.95. The number of nitrogens with zero attached hydrogens (tertiary/aromatic N) is 3. The standard InChI is InChI=1S/C16H26N4O3/c1-4-5-8-20(9-6-15(21)17-7-10-23-3)16(22)14-12-18-13(2)11-19-14/h11-12H,4-10H2,1-3H3,(H,17,21). The largest absolute Gasteiger partial charge is 0.383 e. The van der Waals surface area contributed by atoms with Gasteiger partial charge in [0.1, 0.15) is 5.69 Å². The zero-order valence-electron chi connectivity index (χ0n) is 14.2. The maximum atomic E-state index is 12.5. The van der Waals surface area contributed by atoms with E-state index in [9.17, 15) is 9.59 Å². The minimum atomic E-state index is -0.185. The minimum absolute atomic E-state index is 0.0914. The SMILES string of the molecule is CCCCN(CCC(=O)NCCOC)C(=O)c1cnc(C)cn1. The molecule has 7 nitrogen and oxygen atoms in total. The normalized spacial score (nSPS) is 10.4. The molecule has 0 spiro atoms. The molecule has 0 bridgehead atoms. The molecule has 1 aromatic rings. The monoisotopic (exact) mass is 322 g/mol. The third kappa shape index (κ3) is 7.19. The summed E-state index contributed by atoms with van der Waals surface area (Å²) in [6, 6.07) is 0. The Morgan fingerprint density at radius 2 is 2.04 bits per heavy atom. The molecule has 0 saturated heterocycles. The Labute approximate surface area is 137 Å². The third-order valence-electron chi connectivity index (χ3n) is 3.31. The van der Waals surface area contributed by atoms with Gasteiger partial charge in [0.25, 0.3) is 5.91 Å². The van der Waals surface area contributed by atoms with Crippen LogP contribution in [-0.4, -0.2) is 60.0 Å². The number of aryl methyl sites for hydroxylation is 1. The fourth-order valence-electron chi connectivity index (χ4n) is 1.95. The summed E-state index contributed by atoms with van der Waals surface area (Å²) in [6.07, 6.45) is 5.18. The summed E-state index contributed by atoms with van der Waals surface area (Å²) in [6.45, 7) is 5.81. The molecule has 0 aliphatic carbocycles. The molecular formula is C16H26N4O3. The first-order chi connectivity index (χ1) is 11.1. The van der Waals surface area contributed by atoms with Crippen molar-refractivity contribution < 1.29 is 14.3 Å². The molecule has 0 atom stereocenters. The molecule has 0 aliphatic heterocycles. The van der Waals surface area contributed by atoms with Gasteiger partial charge in [-0.1, -0.05) is 13.3 Å². The molecule has 128 valence electrons. The number of ether oxygens (including phenoxy) is 1. The minimum Gasteiger partial charge on any atom is -0.383 e. The molecule has 2 amide bonds. The highest BCUT2D eigenvalue weighted by Gasteiger charge is 2.18. The van der Waals surface area contributed by atoms with Crippen LogP contribution in [0.2, 0.25) is 0 Å². The van der Waals surface area contributed by atoms with Crippen LogP contribution in [0.25, 0.3) is 0 Å². The van der Waals surface area contributed by atoms with E-state index in [0.29, 0.717) is 31.9 Å². The van der Waals surface area contributed by atoms with Gasteiger partial charge < -0.3 is 15.0 Å². The van der Waals surface area contributed by atoms with Crippen molar-refractivity contribution in [3.8, 4) is 0 Å². The van der Waals surface area contributed by atoms with Crippen LogP contribution in [0.4, 0.5) is 0 Å². The Balaban J connectivity index is 2.59. The van der Waals surface area contributed by atoms with Gasteiger partial charge in [-0.25, -0.2) is 4.98 Å². The van der Waals surface area contributed by atoms with Gasteiger partial charge in [-0.15, -0.1) is 0 Å². The summed E-state index contributed by atoms with van der Waals surface area (Å²) in [5, 5.41) is 2.75. The Hall–Kier alpha value is -2.02. The average Bonchev–Trinajstić information content (AvgIpc) is 2.55. The van der Waals surface area contributed by atoms with E-state index in [4.69, 9.17) is 4.74 Å². The summed E-state index contributed by atoms with van der Waals surface area (Å²) >= 11 is 0. The molecule has 1 N–H and O–H groups in total. The topological polar surface area (TPSA) is 84.4 Å². The van der Waals surface area contributed by atoms with Crippen molar-refractivity contribution >= 4 is 11.8 Å². The predicted octanol–water partition coefficient (Wildman–Crippen LogP) is 1.18. The van der Waals surface area contributed by atoms with Crippen molar-refractivity contribution in [2.24, 2.45) is 0 Å². The number of carbonyl (C=O) groups is 2. The quantitative estimate of drug-likeness (QED) is 0.654. The highest BCUT2D eigenvalue weighted by atomic mass is 16.5. The molecule has 0 radical (unpaired) electrons. The molecule has 1 aromatic heterocycles. The number of rotatable bonds is 10. The van der Waals surface area contributed by atoms with Crippen molar-refractivity contribution in [1.82, 2.24) is 20.2 Å². The van der Waals surface area contributed by atoms with Gasteiger partial charge in [-0.2, -0.15) is 0 Å². The van der Waals surface area contributed by atoms with E-state index in [-0.39, 0.29) is 18.2 Å². The second kappa shape index (κ2) is 10.7. The van der Waals surface area contributed by atoms with Crippen LogP contribution in [0.15, 0.2) is 12.4 Å². The summed E-state index contributed by atoms with van der Waals surface area (Å²) in [5.41, 5.74) is 1.07. The summed E-state index contributed by atoms with van der Waals surface area (Å²) in [7, 11) is 1.58. The lowest BCUT2D eigenvalue weighted by atomic mass is 10.2. The van der Waals surface area contributed by atoms with E-state index >= 15 is 0 Å². The van der Waals surface area contributed by atoms with Gasteiger partial charge in [-0.05, 0) is 13.3 Å². The summed E-state index contributed by atoms with van der Waals surface area (Å²) < 4.78 is 4.88. The van der Waals surface area contributed by atoms with Crippen LogP contribution in [0.1, 0.15) is 42.4 Å². The van der Waals surface area contributed by atoms with Crippen molar-refractivity contribution in [3.05, 3.63) is 23.8 Å². The number of aromatic nitrogens is 2. The summed E-state index contributed by atoms with van der Waals surface area (Å²) in [5.74, 6) is -0.276. The number of amides is 2. The first-order valence-electron chi connectivity index (χ1n) is 7.92. The van der Waals surface area contributed by atoms with Gasteiger partial charge in [0, 0.05) is 39.4 Å². The number of hydrogen-bond donors (Lipinski definition) is 1. The Morgan fingerprint density at radius 3 is 2.65 bits per heavy atom. The van der Waals surface area contributed by atoms with Crippen LogP contribution in [-0.2, 0) is 9.53 Å². The van der Waals surface area contributed by atoms with Crippen molar-refractivity contribution in [3.63, 3.8) is 0 Å². The lowest BCUT2D eigenvalue weighted by Crippen LogP contribution is -2.37. The lowest BCUT2D eigenvalue weighted by Gasteiger charge is -2.22. The molecule has 0 saturated carbocycles. The van der Waals surface area contributed by atoms with E-state index in [1.165, 1.54) is 6.20 Å². The van der Waals surface area contributed by atoms with Crippen LogP contribution < -0.4 is 5.32 Å². The number of carbonyl (C=O) groups excluding carboxylic acids is 2. The number of unbranched alkanes of at least 4 members (excludes halogenated alkanes) is 1. The maximum absolute atomic E-state index is 12.5. The molecule has 0 fully saturated rings. The number of hydrogen-bond acceptors (Lipinski definition) is 5. The van der Waals surface area contributed by atoms with Gasteiger partial charge in [0.05, 0.1) is 18.5 Å². The molecular weight excluding hydrogens is 296 g/mol. The van der Waals surface area contributed by atoms with Gasteiger partial charge >= 0.3 is 0 Å². The van der Waals surface area contributed by atoms with Crippen LogP contribution in [0.5, 0.6) is 0 Å². The first kappa shape index (κ1) is 19.0. The van der Waals surface area contributed by atoms with Crippen molar-refractivity contribution in [2.75, 3.05) is 33.4 Å². The Morgan fingerprint density at radius 1 is 1.26 bits per heavy atom. The fraction of sp³-hybridized carbons (Fsp3) is 0.625. The second-order valence-corrected chi connectivity index (χ2v) is 5.28. The molecule has 1 rings (SSSR count). The van der Waals surface area contributed by atoms with E-state index in [1.807, 2.05) is 6.92 Å². The molecule has 0 aromatic carbocycles. The number of nitrogens with one attached hydrogen (secondary N) is 1. The maximum Gasteiger partial charge on any atom is 0.274 e. The highest BCUT2D eigenvalue weighted by Crippen LogP contribution is 2.05. The highest BCUT2D eigenvalue weighted by molar-refractivity contribution is 5.92. The van der Waals surface area contributed by atoms with E-state index in [2.05, 4.69) is 22.2 Å². The zero-order chi connectivity index (χ0) is 17.1. The predicted molar refractivity (Wildman–Crippen MR) is 87.1 cm³/mol. The smallest absolute Gasteiger partial charge is 0.274 e. The van der Waals surface area contributed by atoms with Crippen molar-refractivity contribution in [1.29, 1.82) is 0 Å². The van der Waals surface area contributed by atoms with Gasteiger partial charge in [0.15, 0.2) is 0 Å². The zero-order valence-corrected chi connectivity index (χ0v) is 14.2. The molecule has 23 heavy (non-hydrogen) atoms. The second-order valence-electron chi connectivity index (χ2n) is 5.28. The average molecular weight is 322 g/mol. The molecule has 7 heteroatoms. The van der Waals surface area contributed by atoms with Crippen LogP contribution >= 0.6 is 0 Å². The molecule has 0 unspecified atom stereocenters. The van der Waals surface area contributed by atoms with Gasteiger partial charge in [-0.3, -0.25) is 14.6 Å².